The molecule has 1 amide bonds. The number of hydrogen-bond donors (Lipinski definition) is 0. The number of hydrogen-bond acceptors (Lipinski definition) is 4. The maximum absolute atomic E-state index is 13.5. The molecule has 190 valence electrons. The summed E-state index contributed by atoms with van der Waals surface area (Å²) in [6.07, 6.45) is 3.02. The van der Waals surface area contributed by atoms with Crippen LogP contribution in [-0.2, 0) is 4.74 Å². The van der Waals surface area contributed by atoms with Crippen molar-refractivity contribution in [1.82, 2.24) is 9.88 Å². The summed E-state index contributed by atoms with van der Waals surface area (Å²) in [6, 6.07) is 26.7. The van der Waals surface area contributed by atoms with Crippen molar-refractivity contribution < 1.29 is 14.3 Å². The van der Waals surface area contributed by atoms with Gasteiger partial charge in [0.05, 0.1) is 5.52 Å². The topological polar surface area (TPSA) is 59.5 Å². The number of amides is 1. The van der Waals surface area contributed by atoms with Gasteiger partial charge in [0.2, 0.25) is 0 Å². The van der Waals surface area contributed by atoms with Crippen molar-refractivity contribution >= 4 is 22.8 Å². The third-order valence-electron chi connectivity index (χ3n) is 8.76. The number of ether oxygens (including phenoxy) is 1. The molecule has 2 fully saturated rings. The quantitative estimate of drug-likeness (QED) is 0.284. The second-order valence-electron chi connectivity index (χ2n) is 11.0. The van der Waals surface area contributed by atoms with E-state index in [9.17, 15) is 9.59 Å². The number of aromatic nitrogens is 1. The minimum Gasteiger partial charge on any atom is -0.448 e. The van der Waals surface area contributed by atoms with E-state index in [1.54, 1.807) is 0 Å². The monoisotopic (exact) mass is 502 g/mol. The van der Waals surface area contributed by atoms with E-state index in [0.29, 0.717) is 19.4 Å². The largest absolute Gasteiger partial charge is 0.448 e. The van der Waals surface area contributed by atoms with E-state index in [4.69, 9.17) is 4.74 Å². The fraction of sp³-hybridized carbons (Fsp3) is 0.303. The Kier molecular flexibility index (Phi) is 5.54. The number of Topliss-reactive ketones (excluding diaryl/α,β-unsaturated/α-hetero) is 1. The van der Waals surface area contributed by atoms with Crippen LogP contribution in [0.15, 0.2) is 78.9 Å². The Hall–Kier alpha value is -3.99. The molecule has 5 nitrogen and oxygen atoms in total. The van der Waals surface area contributed by atoms with Gasteiger partial charge in [-0.25, -0.2) is 4.79 Å². The van der Waals surface area contributed by atoms with Crippen LogP contribution in [0.2, 0.25) is 0 Å². The number of ketones is 1. The molecule has 2 aliphatic heterocycles. The van der Waals surface area contributed by atoms with Gasteiger partial charge in [-0.3, -0.25) is 9.78 Å². The minimum absolute atomic E-state index is 0.0503. The van der Waals surface area contributed by atoms with Crippen molar-refractivity contribution in [3.8, 4) is 11.1 Å². The van der Waals surface area contributed by atoms with E-state index in [1.807, 2.05) is 42.2 Å². The molecule has 3 aliphatic rings. The summed E-state index contributed by atoms with van der Waals surface area (Å²) in [6.45, 7) is 2.30. The second kappa shape index (κ2) is 9.09. The number of fused-ring (bicyclic) bond motifs is 6. The van der Waals surface area contributed by atoms with Crippen molar-refractivity contribution in [2.45, 2.75) is 50.6 Å². The second-order valence-corrected chi connectivity index (χ2v) is 11.0. The molecule has 0 N–H and O–H groups in total. The van der Waals surface area contributed by atoms with Gasteiger partial charge < -0.3 is 9.64 Å². The highest BCUT2D eigenvalue weighted by molar-refractivity contribution is 6.01. The van der Waals surface area contributed by atoms with E-state index >= 15 is 0 Å². The maximum Gasteiger partial charge on any atom is 0.410 e. The summed E-state index contributed by atoms with van der Waals surface area (Å²) in [5.41, 5.74) is 7.50. The molecule has 1 aliphatic carbocycles. The highest BCUT2D eigenvalue weighted by atomic mass is 16.6. The Balaban J connectivity index is 1.04. The Morgan fingerprint density at radius 2 is 1.53 bits per heavy atom. The van der Waals surface area contributed by atoms with Crippen LogP contribution in [0.25, 0.3) is 22.0 Å². The van der Waals surface area contributed by atoms with Gasteiger partial charge in [0.15, 0.2) is 5.78 Å². The van der Waals surface area contributed by atoms with Crippen LogP contribution in [0.5, 0.6) is 0 Å². The van der Waals surface area contributed by atoms with E-state index in [2.05, 4.69) is 53.5 Å². The van der Waals surface area contributed by atoms with Crippen LogP contribution in [-0.4, -0.2) is 40.5 Å². The number of carbonyl (C=O) groups excluding carboxylic acids is 2. The summed E-state index contributed by atoms with van der Waals surface area (Å²) >= 11 is 0. The third kappa shape index (κ3) is 3.80. The van der Waals surface area contributed by atoms with Crippen molar-refractivity contribution in [2.75, 3.05) is 6.61 Å². The van der Waals surface area contributed by atoms with Crippen molar-refractivity contribution in [2.24, 2.45) is 5.92 Å². The molecular weight excluding hydrogens is 472 g/mol. The summed E-state index contributed by atoms with van der Waals surface area (Å²) in [7, 11) is 0. The highest BCUT2D eigenvalue weighted by Crippen LogP contribution is 2.45. The molecular formula is C33H30N2O3. The number of pyridine rings is 1. The first-order valence-electron chi connectivity index (χ1n) is 13.6. The number of aryl methyl sites for hydroxylation is 1. The fourth-order valence-corrected chi connectivity index (χ4v) is 6.97. The van der Waals surface area contributed by atoms with Gasteiger partial charge in [-0.15, -0.1) is 0 Å². The molecule has 2 unspecified atom stereocenters. The van der Waals surface area contributed by atoms with Gasteiger partial charge >= 0.3 is 6.09 Å². The van der Waals surface area contributed by atoms with Gasteiger partial charge in [0.25, 0.3) is 0 Å². The Morgan fingerprint density at radius 1 is 0.868 bits per heavy atom. The highest BCUT2D eigenvalue weighted by Gasteiger charge is 2.46. The van der Waals surface area contributed by atoms with E-state index in [1.165, 1.54) is 22.3 Å². The first kappa shape index (κ1) is 23.2. The van der Waals surface area contributed by atoms with Gasteiger partial charge in [0.1, 0.15) is 6.61 Å². The lowest BCUT2D eigenvalue weighted by atomic mass is 9.84. The molecule has 2 atom stereocenters. The number of carbonyl (C=O) groups is 2. The average Bonchev–Trinajstić information content (AvgIpc) is 3.41. The molecule has 2 bridgehead atoms. The number of benzene rings is 3. The van der Waals surface area contributed by atoms with E-state index in [0.717, 1.165) is 35.0 Å². The molecule has 3 aromatic carbocycles. The first-order chi connectivity index (χ1) is 18.6. The molecule has 38 heavy (non-hydrogen) atoms. The van der Waals surface area contributed by atoms with Crippen molar-refractivity contribution in [3.63, 3.8) is 0 Å². The van der Waals surface area contributed by atoms with Crippen LogP contribution >= 0.6 is 0 Å². The average molecular weight is 503 g/mol. The lowest BCUT2D eigenvalue weighted by Gasteiger charge is -2.37. The Morgan fingerprint density at radius 3 is 2.21 bits per heavy atom. The number of rotatable bonds is 4. The Bertz CT molecular complexity index is 1520. The Labute approximate surface area is 222 Å². The summed E-state index contributed by atoms with van der Waals surface area (Å²) in [5, 5.41) is 0.987. The van der Waals surface area contributed by atoms with Gasteiger partial charge in [-0.2, -0.15) is 0 Å². The molecule has 4 aromatic rings. The van der Waals surface area contributed by atoms with E-state index in [-0.39, 0.29) is 35.8 Å². The van der Waals surface area contributed by atoms with Gasteiger partial charge in [-0.05, 0) is 79.1 Å². The zero-order valence-corrected chi connectivity index (χ0v) is 21.5. The molecule has 5 heteroatoms. The van der Waals surface area contributed by atoms with Crippen LogP contribution in [0, 0.1) is 12.8 Å². The zero-order valence-electron chi connectivity index (χ0n) is 21.5. The molecule has 0 saturated carbocycles. The summed E-state index contributed by atoms with van der Waals surface area (Å²) < 4.78 is 5.99. The van der Waals surface area contributed by atoms with Gasteiger partial charge in [0, 0.05) is 40.6 Å². The molecule has 0 radical (unpaired) electrons. The van der Waals surface area contributed by atoms with Crippen LogP contribution in [0.1, 0.15) is 58.8 Å². The van der Waals surface area contributed by atoms with Crippen LogP contribution in [0.4, 0.5) is 4.79 Å². The summed E-state index contributed by atoms with van der Waals surface area (Å²) in [5.74, 6) is 0.159. The fourth-order valence-electron chi connectivity index (χ4n) is 6.97. The molecule has 0 spiro atoms. The predicted octanol–water partition coefficient (Wildman–Crippen LogP) is 6.92. The normalized spacial score (nSPS) is 21.8. The predicted molar refractivity (Wildman–Crippen MR) is 147 cm³/mol. The summed E-state index contributed by atoms with van der Waals surface area (Å²) in [4.78, 5) is 33.3. The third-order valence-corrected chi connectivity index (χ3v) is 8.76. The van der Waals surface area contributed by atoms with Crippen LogP contribution in [0.3, 0.4) is 0 Å². The standard InChI is InChI=1S/C33H30N2O3/c1-20-10-11-21-16-22(12-15-31(21)34-20)32(36)23-17-24-13-14-25(18-23)35(24)33(37)38-19-30-28-8-4-2-6-26(28)27-7-3-5-9-29(27)30/h2-12,15-16,23-25,30H,13-14,17-19H2,1H3. The molecule has 1 aromatic heterocycles. The first-order valence-corrected chi connectivity index (χ1v) is 13.6. The minimum atomic E-state index is -0.239. The molecule has 3 heterocycles. The van der Waals surface area contributed by atoms with E-state index < -0.39 is 0 Å². The maximum atomic E-state index is 13.5. The van der Waals surface area contributed by atoms with Crippen molar-refractivity contribution in [1.29, 1.82) is 0 Å². The van der Waals surface area contributed by atoms with Gasteiger partial charge in [-0.1, -0.05) is 54.6 Å². The van der Waals surface area contributed by atoms with Crippen molar-refractivity contribution in [3.05, 3.63) is 101 Å². The lowest BCUT2D eigenvalue weighted by Crippen LogP contribution is -2.48. The smallest absolute Gasteiger partial charge is 0.410 e. The zero-order chi connectivity index (χ0) is 25.8. The lowest BCUT2D eigenvalue weighted by molar-refractivity contribution is 0.0506. The molecule has 7 rings (SSSR count). The van der Waals surface area contributed by atoms with Crippen LogP contribution < -0.4 is 0 Å². The SMILES string of the molecule is Cc1ccc2cc(C(=O)C3CC4CCC(C3)N4C(=O)OCC3c4ccccc4-c4ccccc43)ccc2n1. The number of nitrogens with zero attached hydrogens (tertiary/aromatic N) is 2. The number of piperidine rings is 1. The molecule has 2 saturated heterocycles.